The van der Waals surface area contributed by atoms with E-state index >= 15 is 0 Å². The lowest BCUT2D eigenvalue weighted by atomic mass is 10.1. The first-order valence-electron chi connectivity index (χ1n) is 9.01. The van der Waals surface area contributed by atoms with Crippen molar-refractivity contribution in [3.8, 4) is 0 Å². The summed E-state index contributed by atoms with van der Waals surface area (Å²) in [4.78, 5) is 16.3. The molecule has 2 aromatic carbocycles. The van der Waals surface area contributed by atoms with Crippen LogP contribution < -0.4 is 21.7 Å². The lowest BCUT2D eigenvalue weighted by Gasteiger charge is -2.37. The minimum atomic E-state index is -0.404. The van der Waals surface area contributed by atoms with Gasteiger partial charge in [-0.3, -0.25) is 9.69 Å². The average molecular weight is 353 g/mol. The monoisotopic (exact) mass is 353 g/mol. The fourth-order valence-electron chi connectivity index (χ4n) is 3.40. The summed E-state index contributed by atoms with van der Waals surface area (Å²) in [6.45, 7) is 7.78. The first kappa shape index (κ1) is 18.1. The second-order valence-electron chi connectivity index (χ2n) is 6.66. The highest BCUT2D eigenvalue weighted by molar-refractivity contribution is 5.98. The lowest BCUT2D eigenvalue weighted by molar-refractivity contribution is 0.100. The molecular formula is C20H27N5O. The molecule has 3 rings (SSSR count). The van der Waals surface area contributed by atoms with Gasteiger partial charge in [0.1, 0.15) is 0 Å². The fraction of sp³-hybridized carbons (Fsp3) is 0.350. The van der Waals surface area contributed by atoms with Crippen LogP contribution in [-0.2, 0) is 0 Å². The van der Waals surface area contributed by atoms with Crippen molar-refractivity contribution in [1.29, 1.82) is 0 Å². The van der Waals surface area contributed by atoms with Gasteiger partial charge in [-0.1, -0.05) is 18.2 Å². The lowest BCUT2D eigenvalue weighted by Crippen LogP contribution is -2.47. The van der Waals surface area contributed by atoms with E-state index in [1.807, 2.05) is 30.3 Å². The quantitative estimate of drug-likeness (QED) is 0.691. The largest absolute Gasteiger partial charge is 0.398 e. The number of rotatable bonds is 6. The second-order valence-corrected chi connectivity index (χ2v) is 6.66. The molecular weight excluding hydrogens is 326 g/mol. The van der Waals surface area contributed by atoms with Crippen LogP contribution in [0.3, 0.4) is 0 Å². The summed E-state index contributed by atoms with van der Waals surface area (Å²) >= 11 is 0. The minimum absolute atomic E-state index is 0.404. The van der Waals surface area contributed by atoms with E-state index in [-0.39, 0.29) is 0 Å². The summed E-state index contributed by atoms with van der Waals surface area (Å²) < 4.78 is 0. The van der Waals surface area contributed by atoms with Crippen LogP contribution >= 0.6 is 0 Å². The molecule has 1 aliphatic heterocycles. The fourth-order valence-corrected chi connectivity index (χ4v) is 3.40. The number of anilines is 3. The summed E-state index contributed by atoms with van der Waals surface area (Å²) in [7, 11) is 0. The number of hydrogen-bond acceptors (Lipinski definition) is 5. The van der Waals surface area contributed by atoms with Crippen LogP contribution in [0.4, 0.5) is 17.1 Å². The number of para-hydroxylation sites is 1. The van der Waals surface area contributed by atoms with Crippen molar-refractivity contribution in [2.75, 3.05) is 55.2 Å². The zero-order valence-corrected chi connectivity index (χ0v) is 15.2. The number of carbonyl (C=O) groups is 1. The van der Waals surface area contributed by atoms with Crippen LogP contribution in [0.15, 0.2) is 42.5 Å². The third kappa shape index (κ3) is 4.08. The molecule has 0 aromatic heterocycles. The highest BCUT2D eigenvalue weighted by Gasteiger charge is 2.18. The van der Waals surface area contributed by atoms with Crippen molar-refractivity contribution in [2.45, 2.75) is 6.92 Å². The van der Waals surface area contributed by atoms with E-state index in [0.29, 0.717) is 5.56 Å². The molecule has 6 nitrogen and oxygen atoms in total. The first-order valence-corrected chi connectivity index (χ1v) is 9.01. The molecule has 1 fully saturated rings. The van der Waals surface area contributed by atoms with Gasteiger partial charge in [-0.05, 0) is 36.8 Å². The molecule has 1 aliphatic rings. The van der Waals surface area contributed by atoms with Gasteiger partial charge in [0, 0.05) is 56.3 Å². The number of nitrogen functional groups attached to an aromatic ring is 1. The number of piperazine rings is 1. The number of hydrogen-bond donors (Lipinski definition) is 3. The molecule has 1 amide bonds. The van der Waals surface area contributed by atoms with Crippen LogP contribution in [0.2, 0.25) is 0 Å². The maximum Gasteiger partial charge on any atom is 0.250 e. The molecule has 2 aromatic rings. The Balaban J connectivity index is 1.49. The maximum absolute atomic E-state index is 11.5. The Morgan fingerprint density at radius 2 is 1.81 bits per heavy atom. The van der Waals surface area contributed by atoms with Crippen molar-refractivity contribution >= 4 is 23.0 Å². The van der Waals surface area contributed by atoms with Crippen molar-refractivity contribution < 1.29 is 4.79 Å². The molecule has 138 valence electrons. The predicted molar refractivity (Wildman–Crippen MR) is 108 cm³/mol. The van der Waals surface area contributed by atoms with Crippen LogP contribution in [0.5, 0.6) is 0 Å². The summed E-state index contributed by atoms with van der Waals surface area (Å²) in [5.74, 6) is -0.404. The third-order valence-electron chi connectivity index (χ3n) is 5.00. The molecule has 0 atom stereocenters. The number of benzene rings is 2. The number of nitrogens with two attached hydrogens (primary N) is 2. The first-order chi connectivity index (χ1) is 12.6. The standard InChI is InChI=1S/C20H27N5O/c1-15-17(21)6-4-8-19(15)25-13-11-24(12-14-25)10-9-23-18-7-3-2-5-16(18)20(22)26/h2-8,23H,9-14,21H2,1H3,(H2,22,26). The number of nitrogens with one attached hydrogen (secondary N) is 1. The van der Waals surface area contributed by atoms with E-state index in [9.17, 15) is 4.79 Å². The molecule has 1 saturated heterocycles. The summed E-state index contributed by atoms with van der Waals surface area (Å²) in [6, 6.07) is 13.5. The molecule has 0 aliphatic carbocycles. The summed E-state index contributed by atoms with van der Waals surface area (Å²) in [6.07, 6.45) is 0. The molecule has 1 heterocycles. The van der Waals surface area contributed by atoms with Gasteiger partial charge >= 0.3 is 0 Å². The normalized spacial score (nSPS) is 15.0. The van der Waals surface area contributed by atoms with Crippen LogP contribution in [0.1, 0.15) is 15.9 Å². The molecule has 0 saturated carbocycles. The van der Waals surface area contributed by atoms with E-state index < -0.39 is 5.91 Å². The van der Waals surface area contributed by atoms with Gasteiger partial charge in [0.15, 0.2) is 0 Å². The maximum atomic E-state index is 11.5. The number of nitrogens with zero attached hydrogens (tertiary/aromatic N) is 2. The van der Waals surface area contributed by atoms with Gasteiger partial charge in [-0.15, -0.1) is 0 Å². The van der Waals surface area contributed by atoms with Gasteiger partial charge in [0.05, 0.1) is 5.56 Å². The highest BCUT2D eigenvalue weighted by Crippen LogP contribution is 2.25. The average Bonchev–Trinajstić information content (AvgIpc) is 2.65. The van der Waals surface area contributed by atoms with E-state index in [1.165, 1.54) is 5.69 Å². The number of carbonyl (C=O) groups excluding carboxylic acids is 1. The Hall–Kier alpha value is -2.73. The molecule has 26 heavy (non-hydrogen) atoms. The molecule has 0 spiro atoms. The van der Waals surface area contributed by atoms with Crippen molar-refractivity contribution in [1.82, 2.24) is 4.90 Å². The van der Waals surface area contributed by atoms with Crippen molar-refractivity contribution in [3.63, 3.8) is 0 Å². The van der Waals surface area contributed by atoms with Crippen LogP contribution in [-0.4, -0.2) is 50.1 Å². The smallest absolute Gasteiger partial charge is 0.250 e. The van der Waals surface area contributed by atoms with Crippen LogP contribution in [0, 0.1) is 6.92 Å². The molecule has 6 heteroatoms. The molecule has 5 N–H and O–H groups in total. The van der Waals surface area contributed by atoms with Gasteiger partial charge in [0.25, 0.3) is 5.91 Å². The Morgan fingerprint density at radius 3 is 2.54 bits per heavy atom. The third-order valence-corrected chi connectivity index (χ3v) is 5.00. The minimum Gasteiger partial charge on any atom is -0.398 e. The van der Waals surface area contributed by atoms with Gasteiger partial charge in [0.2, 0.25) is 0 Å². The van der Waals surface area contributed by atoms with E-state index in [0.717, 1.165) is 56.2 Å². The van der Waals surface area contributed by atoms with Gasteiger partial charge in [-0.25, -0.2) is 0 Å². The summed E-state index contributed by atoms with van der Waals surface area (Å²) in [5, 5.41) is 3.33. The molecule has 0 bridgehead atoms. The molecule has 0 radical (unpaired) electrons. The predicted octanol–water partition coefficient (Wildman–Crippen LogP) is 1.91. The molecule has 0 unspecified atom stereocenters. The van der Waals surface area contributed by atoms with E-state index in [2.05, 4.69) is 28.1 Å². The van der Waals surface area contributed by atoms with Crippen molar-refractivity contribution in [3.05, 3.63) is 53.6 Å². The van der Waals surface area contributed by atoms with Crippen molar-refractivity contribution in [2.24, 2.45) is 5.73 Å². The SMILES string of the molecule is Cc1c(N)cccc1N1CCN(CCNc2ccccc2C(N)=O)CC1. The zero-order valence-electron chi connectivity index (χ0n) is 15.2. The highest BCUT2D eigenvalue weighted by atomic mass is 16.1. The summed E-state index contributed by atoms with van der Waals surface area (Å²) in [5.41, 5.74) is 16.0. The Morgan fingerprint density at radius 1 is 1.08 bits per heavy atom. The topological polar surface area (TPSA) is 87.6 Å². The Bertz CT molecular complexity index is 769. The Kier molecular flexibility index (Phi) is 5.63. The van der Waals surface area contributed by atoms with Crippen LogP contribution in [0.25, 0.3) is 0 Å². The van der Waals surface area contributed by atoms with E-state index in [1.54, 1.807) is 6.07 Å². The van der Waals surface area contributed by atoms with E-state index in [4.69, 9.17) is 11.5 Å². The second kappa shape index (κ2) is 8.10. The van der Waals surface area contributed by atoms with Gasteiger partial charge in [-0.2, -0.15) is 0 Å². The Labute approximate surface area is 154 Å². The number of amides is 1. The zero-order chi connectivity index (χ0) is 18.5. The number of primary amides is 1. The van der Waals surface area contributed by atoms with Gasteiger partial charge < -0.3 is 21.7 Å².